The van der Waals surface area contributed by atoms with Gasteiger partial charge in [0, 0.05) is 7.11 Å². The molecule has 0 bridgehead atoms. The molecule has 1 aromatic rings. The van der Waals surface area contributed by atoms with E-state index in [9.17, 15) is 0 Å². The number of benzene rings is 1. The van der Waals surface area contributed by atoms with E-state index in [0.717, 1.165) is 15.8 Å². The van der Waals surface area contributed by atoms with Crippen molar-refractivity contribution in [3.8, 4) is 5.75 Å². The molecule has 0 radical (unpaired) electrons. The van der Waals surface area contributed by atoms with Gasteiger partial charge in [0.15, 0.2) is 0 Å². The first kappa shape index (κ1) is 11.5. The van der Waals surface area contributed by atoms with Crippen molar-refractivity contribution in [3.63, 3.8) is 0 Å². The Labute approximate surface area is 91.8 Å². The monoisotopic (exact) mass is 260 g/mol. The lowest BCUT2D eigenvalue weighted by Gasteiger charge is -2.08. The molecule has 14 heavy (non-hydrogen) atoms. The molecular formula is C10H13BrO3. The molecule has 0 aliphatic rings. The molecule has 0 amide bonds. The maximum atomic E-state index is 8.93. The van der Waals surface area contributed by atoms with Gasteiger partial charge in [0.25, 0.3) is 0 Å². The highest BCUT2D eigenvalue weighted by atomic mass is 79.9. The Hall–Kier alpha value is -0.580. The van der Waals surface area contributed by atoms with Crippen LogP contribution in [-0.2, 0) is 11.3 Å². The molecule has 0 aliphatic heterocycles. The first-order valence-corrected chi connectivity index (χ1v) is 5.08. The zero-order valence-electron chi connectivity index (χ0n) is 8.00. The molecule has 1 N–H and O–H groups in total. The van der Waals surface area contributed by atoms with Crippen LogP contribution in [0.5, 0.6) is 5.75 Å². The van der Waals surface area contributed by atoms with Crippen LogP contribution >= 0.6 is 15.9 Å². The van der Waals surface area contributed by atoms with Crippen LogP contribution in [-0.4, -0.2) is 25.4 Å². The molecule has 0 saturated heterocycles. The second-order valence-corrected chi connectivity index (χ2v) is 3.62. The van der Waals surface area contributed by atoms with E-state index < -0.39 is 0 Å². The summed E-state index contributed by atoms with van der Waals surface area (Å²) in [5, 5.41) is 8.93. The summed E-state index contributed by atoms with van der Waals surface area (Å²) >= 11 is 3.36. The number of aliphatic hydroxyl groups is 1. The van der Waals surface area contributed by atoms with Gasteiger partial charge < -0.3 is 14.6 Å². The molecule has 0 spiro atoms. The Bertz CT molecular complexity index is 289. The Kier molecular flexibility index (Phi) is 4.93. The van der Waals surface area contributed by atoms with E-state index >= 15 is 0 Å². The third kappa shape index (κ3) is 3.29. The molecule has 0 unspecified atom stereocenters. The maximum Gasteiger partial charge on any atom is 0.133 e. The van der Waals surface area contributed by atoms with Gasteiger partial charge in [0.2, 0.25) is 0 Å². The quantitative estimate of drug-likeness (QED) is 0.823. The predicted octanol–water partition coefficient (Wildman–Crippen LogP) is 1.97. The van der Waals surface area contributed by atoms with Gasteiger partial charge in [-0.15, -0.1) is 0 Å². The van der Waals surface area contributed by atoms with Gasteiger partial charge in [-0.1, -0.05) is 6.07 Å². The van der Waals surface area contributed by atoms with Crippen LogP contribution in [0.25, 0.3) is 0 Å². The van der Waals surface area contributed by atoms with Crippen molar-refractivity contribution < 1.29 is 14.6 Å². The van der Waals surface area contributed by atoms with Crippen molar-refractivity contribution in [1.29, 1.82) is 0 Å². The van der Waals surface area contributed by atoms with E-state index in [1.54, 1.807) is 13.2 Å². The van der Waals surface area contributed by atoms with Crippen molar-refractivity contribution in [3.05, 3.63) is 28.2 Å². The zero-order valence-corrected chi connectivity index (χ0v) is 9.58. The van der Waals surface area contributed by atoms with Crippen LogP contribution in [0.2, 0.25) is 0 Å². The van der Waals surface area contributed by atoms with Gasteiger partial charge in [-0.3, -0.25) is 0 Å². The van der Waals surface area contributed by atoms with Crippen LogP contribution < -0.4 is 4.74 Å². The molecule has 0 saturated carbocycles. The van der Waals surface area contributed by atoms with Gasteiger partial charge in [-0.25, -0.2) is 0 Å². The highest BCUT2D eigenvalue weighted by molar-refractivity contribution is 9.10. The molecule has 0 aromatic heterocycles. The number of hydrogen-bond donors (Lipinski definition) is 1. The average Bonchev–Trinajstić information content (AvgIpc) is 2.21. The number of halogens is 1. The van der Waals surface area contributed by atoms with Crippen molar-refractivity contribution in [2.75, 3.05) is 20.3 Å². The molecule has 0 fully saturated rings. The fourth-order valence-corrected chi connectivity index (χ4v) is 1.35. The fourth-order valence-electron chi connectivity index (χ4n) is 0.992. The molecule has 78 valence electrons. The maximum absolute atomic E-state index is 8.93. The van der Waals surface area contributed by atoms with E-state index in [2.05, 4.69) is 15.9 Å². The minimum atomic E-state index is 0.0217. The van der Waals surface area contributed by atoms with Crippen molar-refractivity contribution in [1.82, 2.24) is 0 Å². The van der Waals surface area contributed by atoms with Gasteiger partial charge >= 0.3 is 0 Å². The number of rotatable bonds is 5. The molecule has 0 atom stereocenters. The highest BCUT2D eigenvalue weighted by Crippen LogP contribution is 2.25. The third-order valence-corrected chi connectivity index (χ3v) is 2.38. The standard InChI is InChI=1S/C10H13BrO3/c1-13-4-5-14-10-6-8(7-12)2-3-9(10)11/h2-3,6,12H,4-5,7H2,1H3. The van der Waals surface area contributed by atoms with Crippen molar-refractivity contribution in [2.24, 2.45) is 0 Å². The van der Waals surface area contributed by atoms with Crippen LogP contribution in [0.3, 0.4) is 0 Å². The normalized spacial score (nSPS) is 10.2. The minimum Gasteiger partial charge on any atom is -0.490 e. The number of methoxy groups -OCH3 is 1. The lowest BCUT2D eigenvalue weighted by molar-refractivity contribution is 0.146. The van der Waals surface area contributed by atoms with E-state index in [0.29, 0.717) is 13.2 Å². The summed E-state index contributed by atoms with van der Waals surface area (Å²) < 4.78 is 11.2. The Morgan fingerprint density at radius 2 is 2.14 bits per heavy atom. The van der Waals surface area contributed by atoms with E-state index in [1.807, 2.05) is 12.1 Å². The first-order valence-electron chi connectivity index (χ1n) is 4.29. The summed E-state index contributed by atoms with van der Waals surface area (Å²) in [6.45, 7) is 1.08. The van der Waals surface area contributed by atoms with Crippen molar-refractivity contribution in [2.45, 2.75) is 6.61 Å². The largest absolute Gasteiger partial charge is 0.490 e. The summed E-state index contributed by atoms with van der Waals surface area (Å²) in [5.41, 5.74) is 0.834. The number of aliphatic hydroxyl groups excluding tert-OH is 1. The highest BCUT2D eigenvalue weighted by Gasteiger charge is 2.01. The van der Waals surface area contributed by atoms with E-state index in [1.165, 1.54) is 0 Å². The van der Waals surface area contributed by atoms with Crippen LogP contribution in [0.4, 0.5) is 0 Å². The Morgan fingerprint density at radius 1 is 1.36 bits per heavy atom. The zero-order chi connectivity index (χ0) is 10.4. The summed E-state index contributed by atoms with van der Waals surface area (Å²) in [4.78, 5) is 0. The summed E-state index contributed by atoms with van der Waals surface area (Å²) in [5.74, 6) is 0.730. The third-order valence-electron chi connectivity index (χ3n) is 1.72. The Morgan fingerprint density at radius 3 is 2.79 bits per heavy atom. The van der Waals surface area contributed by atoms with Crippen LogP contribution in [0.1, 0.15) is 5.56 Å². The number of hydrogen-bond acceptors (Lipinski definition) is 3. The topological polar surface area (TPSA) is 38.7 Å². The van der Waals surface area contributed by atoms with Crippen molar-refractivity contribution >= 4 is 15.9 Å². The van der Waals surface area contributed by atoms with Crippen LogP contribution in [0.15, 0.2) is 22.7 Å². The predicted molar refractivity (Wildman–Crippen MR) is 57.4 cm³/mol. The second kappa shape index (κ2) is 6.01. The van der Waals surface area contributed by atoms with Gasteiger partial charge in [-0.05, 0) is 33.6 Å². The summed E-state index contributed by atoms with van der Waals surface area (Å²) in [7, 11) is 1.63. The second-order valence-electron chi connectivity index (χ2n) is 2.76. The molecule has 1 aromatic carbocycles. The van der Waals surface area contributed by atoms with E-state index in [-0.39, 0.29) is 6.61 Å². The lowest BCUT2D eigenvalue weighted by atomic mass is 10.2. The lowest BCUT2D eigenvalue weighted by Crippen LogP contribution is -2.04. The smallest absolute Gasteiger partial charge is 0.133 e. The average molecular weight is 261 g/mol. The molecule has 1 rings (SSSR count). The van der Waals surface area contributed by atoms with Gasteiger partial charge in [0.1, 0.15) is 12.4 Å². The van der Waals surface area contributed by atoms with Crippen LogP contribution in [0, 0.1) is 0 Å². The molecule has 0 aliphatic carbocycles. The molecule has 0 heterocycles. The molecule has 3 nitrogen and oxygen atoms in total. The number of ether oxygens (including phenoxy) is 2. The van der Waals surface area contributed by atoms with Gasteiger partial charge in [-0.2, -0.15) is 0 Å². The molecular weight excluding hydrogens is 248 g/mol. The van der Waals surface area contributed by atoms with E-state index in [4.69, 9.17) is 14.6 Å². The summed E-state index contributed by atoms with van der Waals surface area (Å²) in [6, 6.07) is 5.50. The SMILES string of the molecule is COCCOc1cc(CO)ccc1Br. The molecule has 4 heteroatoms. The fraction of sp³-hybridized carbons (Fsp3) is 0.400. The first-order chi connectivity index (χ1) is 6.77. The minimum absolute atomic E-state index is 0.0217. The Balaban J connectivity index is 2.64. The van der Waals surface area contributed by atoms with Gasteiger partial charge in [0.05, 0.1) is 17.7 Å². The summed E-state index contributed by atoms with van der Waals surface area (Å²) in [6.07, 6.45) is 0.